The third kappa shape index (κ3) is 4.75. The van der Waals surface area contributed by atoms with Crippen LogP contribution in [0, 0.1) is 11.3 Å². The van der Waals surface area contributed by atoms with E-state index in [0.29, 0.717) is 22.9 Å². The summed E-state index contributed by atoms with van der Waals surface area (Å²) in [5, 5.41) is 29.7. The normalized spacial score (nSPS) is 17.8. The van der Waals surface area contributed by atoms with Gasteiger partial charge in [-0.25, -0.2) is 14.6 Å². The predicted molar refractivity (Wildman–Crippen MR) is 134 cm³/mol. The number of anilines is 1. The van der Waals surface area contributed by atoms with Gasteiger partial charge in [0, 0.05) is 42.6 Å². The Bertz CT molecular complexity index is 1440. The summed E-state index contributed by atoms with van der Waals surface area (Å²) in [6.07, 6.45) is 10.7. The van der Waals surface area contributed by atoms with E-state index in [1.807, 2.05) is 12.3 Å². The summed E-state index contributed by atoms with van der Waals surface area (Å²) in [5.41, 5.74) is 3.69. The standard InChI is InChI=1S/C25H28N10O/c1-15(2)30-21-9-24(35-25-19(12-29-35)8-17(10-26)11-28-25)27-13-23(21)34-14-22(32-33-34)18-4-6-20(7-5-18)31-16(3)36/h8-9,11-15,18,20H,4-7H2,1-3H3,(H,27,30)(H,31,36)/t18-,20+. The Morgan fingerprint density at radius 1 is 1.14 bits per heavy atom. The highest BCUT2D eigenvalue weighted by Crippen LogP contribution is 2.32. The minimum Gasteiger partial charge on any atom is -0.381 e. The Balaban J connectivity index is 1.42. The van der Waals surface area contributed by atoms with Gasteiger partial charge in [0.2, 0.25) is 5.91 Å². The maximum atomic E-state index is 11.4. The molecule has 184 valence electrons. The molecule has 0 spiro atoms. The second-order valence-electron chi connectivity index (χ2n) is 9.50. The molecule has 5 rings (SSSR count). The van der Waals surface area contributed by atoms with Crippen LogP contribution >= 0.6 is 0 Å². The van der Waals surface area contributed by atoms with E-state index in [1.54, 1.807) is 34.7 Å². The fourth-order valence-electron chi connectivity index (χ4n) is 4.71. The van der Waals surface area contributed by atoms with Gasteiger partial charge in [-0.05, 0) is 45.6 Å². The molecule has 0 atom stereocenters. The number of nitrogens with zero attached hydrogens (tertiary/aromatic N) is 8. The number of aromatic nitrogens is 7. The minimum atomic E-state index is 0.0244. The van der Waals surface area contributed by atoms with Gasteiger partial charge in [0.25, 0.3) is 0 Å². The lowest BCUT2D eigenvalue weighted by Crippen LogP contribution is -2.35. The lowest BCUT2D eigenvalue weighted by atomic mass is 9.84. The molecule has 4 aromatic heterocycles. The van der Waals surface area contributed by atoms with Crippen LogP contribution < -0.4 is 10.6 Å². The van der Waals surface area contributed by atoms with Crippen LogP contribution in [0.1, 0.15) is 63.6 Å². The van der Waals surface area contributed by atoms with Gasteiger partial charge in [0.1, 0.15) is 11.8 Å². The number of nitriles is 1. The van der Waals surface area contributed by atoms with Gasteiger partial charge in [-0.15, -0.1) is 5.10 Å². The number of rotatable bonds is 6. The van der Waals surface area contributed by atoms with Crippen molar-refractivity contribution in [3.63, 3.8) is 0 Å². The number of nitrogens with one attached hydrogen (secondary N) is 2. The highest BCUT2D eigenvalue weighted by atomic mass is 16.1. The second kappa shape index (κ2) is 9.73. The van der Waals surface area contributed by atoms with Crippen molar-refractivity contribution in [2.75, 3.05) is 5.32 Å². The molecule has 4 aromatic rings. The maximum absolute atomic E-state index is 11.4. The molecule has 0 saturated heterocycles. The Morgan fingerprint density at radius 2 is 1.94 bits per heavy atom. The first kappa shape index (κ1) is 23.4. The van der Waals surface area contributed by atoms with Crippen LogP contribution in [0.15, 0.2) is 36.9 Å². The summed E-state index contributed by atoms with van der Waals surface area (Å²) >= 11 is 0. The van der Waals surface area contributed by atoms with Crippen molar-refractivity contribution < 1.29 is 4.79 Å². The molecule has 0 bridgehead atoms. The molecule has 1 aliphatic rings. The van der Waals surface area contributed by atoms with E-state index in [9.17, 15) is 4.79 Å². The molecule has 4 heterocycles. The molecule has 1 aliphatic carbocycles. The third-order valence-corrected chi connectivity index (χ3v) is 6.38. The largest absolute Gasteiger partial charge is 0.381 e. The lowest BCUT2D eigenvalue weighted by molar-refractivity contribution is -0.119. The zero-order valence-electron chi connectivity index (χ0n) is 20.5. The number of fused-ring (bicyclic) bond motifs is 1. The summed E-state index contributed by atoms with van der Waals surface area (Å²) in [4.78, 5) is 20.4. The molecule has 1 saturated carbocycles. The summed E-state index contributed by atoms with van der Waals surface area (Å²) < 4.78 is 3.42. The van der Waals surface area contributed by atoms with E-state index >= 15 is 0 Å². The Hall–Kier alpha value is -4.33. The maximum Gasteiger partial charge on any atom is 0.217 e. The molecule has 11 heteroatoms. The number of pyridine rings is 2. The van der Waals surface area contributed by atoms with Crippen LogP contribution in [0.2, 0.25) is 0 Å². The molecule has 2 N–H and O–H groups in total. The van der Waals surface area contributed by atoms with Crippen LogP contribution in [-0.2, 0) is 4.79 Å². The molecular formula is C25H28N10O. The summed E-state index contributed by atoms with van der Waals surface area (Å²) in [5.74, 6) is 0.944. The number of amides is 1. The summed E-state index contributed by atoms with van der Waals surface area (Å²) in [7, 11) is 0. The zero-order chi connectivity index (χ0) is 25.2. The molecule has 1 fully saturated rings. The molecule has 0 aliphatic heterocycles. The Labute approximate surface area is 208 Å². The molecule has 0 radical (unpaired) electrons. The SMILES string of the molecule is CC(=O)N[C@H]1CC[C@@H](c2cn(-c3cnc(-n4ncc5cc(C#N)cnc54)cc3NC(C)C)nn2)CC1. The van der Waals surface area contributed by atoms with Crippen LogP contribution in [0.3, 0.4) is 0 Å². The van der Waals surface area contributed by atoms with Gasteiger partial charge in [-0.1, -0.05) is 5.21 Å². The van der Waals surface area contributed by atoms with E-state index in [4.69, 9.17) is 5.26 Å². The van der Waals surface area contributed by atoms with Crippen LogP contribution in [-0.4, -0.2) is 52.7 Å². The van der Waals surface area contributed by atoms with Crippen LogP contribution in [0.5, 0.6) is 0 Å². The first-order valence-electron chi connectivity index (χ1n) is 12.1. The number of carbonyl (C=O) groups excluding carboxylic acids is 1. The van der Waals surface area contributed by atoms with Gasteiger partial charge in [-0.3, -0.25) is 4.79 Å². The number of carbonyl (C=O) groups is 1. The second-order valence-corrected chi connectivity index (χ2v) is 9.50. The smallest absolute Gasteiger partial charge is 0.217 e. The monoisotopic (exact) mass is 484 g/mol. The lowest BCUT2D eigenvalue weighted by Gasteiger charge is -2.27. The molecule has 1 amide bonds. The number of hydrogen-bond donors (Lipinski definition) is 2. The fraction of sp³-hybridized carbons (Fsp3) is 0.400. The highest BCUT2D eigenvalue weighted by Gasteiger charge is 2.25. The van der Waals surface area contributed by atoms with E-state index in [2.05, 4.69) is 55.9 Å². The van der Waals surface area contributed by atoms with Gasteiger partial charge in [-0.2, -0.15) is 15.0 Å². The first-order chi connectivity index (χ1) is 17.4. The first-order valence-corrected chi connectivity index (χ1v) is 12.1. The molecule has 0 aromatic carbocycles. The van der Waals surface area contributed by atoms with Gasteiger partial charge in [0.15, 0.2) is 11.5 Å². The highest BCUT2D eigenvalue weighted by molar-refractivity contribution is 5.77. The minimum absolute atomic E-state index is 0.0244. The van der Waals surface area contributed by atoms with Gasteiger partial charge < -0.3 is 10.6 Å². The van der Waals surface area contributed by atoms with Crippen molar-refractivity contribution in [1.29, 1.82) is 5.26 Å². The van der Waals surface area contributed by atoms with E-state index in [1.165, 1.54) is 6.20 Å². The van der Waals surface area contributed by atoms with Crippen molar-refractivity contribution in [3.8, 4) is 17.6 Å². The quantitative estimate of drug-likeness (QED) is 0.425. The van der Waals surface area contributed by atoms with Crippen molar-refractivity contribution in [2.45, 2.75) is 64.5 Å². The summed E-state index contributed by atoms with van der Waals surface area (Å²) in [6, 6.07) is 6.20. The van der Waals surface area contributed by atoms with Crippen molar-refractivity contribution in [2.24, 2.45) is 0 Å². The topological polar surface area (TPSA) is 139 Å². The Kier molecular flexibility index (Phi) is 6.33. The van der Waals surface area contributed by atoms with E-state index in [-0.39, 0.29) is 18.0 Å². The van der Waals surface area contributed by atoms with Crippen molar-refractivity contribution >= 4 is 22.6 Å². The average Bonchev–Trinajstić information content (AvgIpc) is 3.51. The van der Waals surface area contributed by atoms with Crippen molar-refractivity contribution in [1.82, 2.24) is 40.1 Å². The predicted octanol–water partition coefficient (Wildman–Crippen LogP) is 3.25. The Morgan fingerprint density at radius 3 is 2.67 bits per heavy atom. The van der Waals surface area contributed by atoms with Gasteiger partial charge in [0.05, 0.1) is 35.5 Å². The third-order valence-electron chi connectivity index (χ3n) is 6.38. The van der Waals surface area contributed by atoms with E-state index in [0.717, 1.165) is 48.1 Å². The molecule has 0 unspecified atom stereocenters. The van der Waals surface area contributed by atoms with Crippen LogP contribution in [0.25, 0.3) is 22.5 Å². The molecular weight excluding hydrogens is 456 g/mol. The zero-order valence-corrected chi connectivity index (χ0v) is 20.5. The fourth-order valence-corrected chi connectivity index (χ4v) is 4.71. The van der Waals surface area contributed by atoms with Crippen LogP contribution in [0.4, 0.5) is 5.69 Å². The molecule has 36 heavy (non-hydrogen) atoms. The summed E-state index contributed by atoms with van der Waals surface area (Å²) in [6.45, 7) is 5.70. The number of hydrogen-bond acceptors (Lipinski definition) is 8. The van der Waals surface area contributed by atoms with E-state index < -0.39 is 0 Å². The van der Waals surface area contributed by atoms with Crippen molar-refractivity contribution in [3.05, 3.63) is 48.2 Å². The van der Waals surface area contributed by atoms with Gasteiger partial charge >= 0.3 is 0 Å². The average molecular weight is 485 g/mol. The molecule has 11 nitrogen and oxygen atoms in total.